The van der Waals surface area contributed by atoms with Gasteiger partial charge in [0.2, 0.25) is 5.91 Å². The van der Waals surface area contributed by atoms with Gasteiger partial charge in [0.1, 0.15) is 16.7 Å². The lowest BCUT2D eigenvalue weighted by atomic mass is 10.1. The predicted molar refractivity (Wildman–Crippen MR) is 113 cm³/mol. The fraction of sp³-hybridized carbons (Fsp3) is 0.263. The molecule has 1 aliphatic rings. The summed E-state index contributed by atoms with van der Waals surface area (Å²) in [6.45, 7) is -1.54. The van der Waals surface area contributed by atoms with E-state index in [-0.39, 0.29) is 16.3 Å². The molecular formula is C19H12BrCl3F4N2O2. The maximum Gasteiger partial charge on any atom is 0.405 e. The Bertz CT molecular complexity index is 1030. The molecule has 166 valence electrons. The number of rotatable bonds is 5. The van der Waals surface area contributed by atoms with Crippen LogP contribution in [0.5, 0.6) is 0 Å². The van der Waals surface area contributed by atoms with Gasteiger partial charge in [0, 0.05) is 16.1 Å². The smallest absolute Gasteiger partial charge is 0.343 e. The standard InChI is InChI=1S/C19H12BrCl3F4N2O2/c20-9-3-8(4-10(24)5-9)14-15(19(14,22)23)17(31)29-11-1-2-13(21)12(6-11)16(30)28-7-18(25,26)27/h1-6,14-15H,7H2,(H,28,30)(H,29,31). The van der Waals surface area contributed by atoms with Crippen molar-refractivity contribution in [2.24, 2.45) is 5.92 Å². The van der Waals surface area contributed by atoms with Crippen LogP contribution in [0.4, 0.5) is 23.2 Å². The Morgan fingerprint density at radius 3 is 2.42 bits per heavy atom. The van der Waals surface area contributed by atoms with E-state index in [1.807, 2.05) is 0 Å². The molecule has 0 bridgehead atoms. The summed E-state index contributed by atoms with van der Waals surface area (Å²) in [5.41, 5.74) is 0.259. The molecule has 2 aromatic carbocycles. The average Bonchev–Trinajstić information content (AvgIpc) is 3.22. The quantitative estimate of drug-likeness (QED) is 0.344. The average molecular weight is 563 g/mol. The van der Waals surface area contributed by atoms with Crippen LogP contribution < -0.4 is 10.6 Å². The van der Waals surface area contributed by atoms with E-state index >= 15 is 0 Å². The molecule has 0 aromatic heterocycles. The van der Waals surface area contributed by atoms with Crippen LogP contribution in [0.15, 0.2) is 40.9 Å². The Kier molecular flexibility index (Phi) is 6.82. The van der Waals surface area contributed by atoms with Gasteiger partial charge in [0.05, 0.1) is 16.5 Å². The van der Waals surface area contributed by atoms with Crippen molar-refractivity contribution in [3.8, 4) is 0 Å². The summed E-state index contributed by atoms with van der Waals surface area (Å²) < 4.78 is 49.6. The number of halogens is 8. The van der Waals surface area contributed by atoms with Gasteiger partial charge in [0.15, 0.2) is 0 Å². The maximum absolute atomic E-state index is 13.7. The molecule has 31 heavy (non-hydrogen) atoms. The minimum Gasteiger partial charge on any atom is -0.343 e. The van der Waals surface area contributed by atoms with Gasteiger partial charge in [-0.25, -0.2) is 4.39 Å². The van der Waals surface area contributed by atoms with Crippen molar-refractivity contribution in [2.45, 2.75) is 16.4 Å². The van der Waals surface area contributed by atoms with Crippen molar-refractivity contribution >= 4 is 68.2 Å². The van der Waals surface area contributed by atoms with E-state index in [1.165, 1.54) is 24.3 Å². The molecule has 0 saturated heterocycles. The van der Waals surface area contributed by atoms with Gasteiger partial charge in [-0.05, 0) is 42.0 Å². The molecule has 1 aliphatic carbocycles. The highest BCUT2D eigenvalue weighted by atomic mass is 79.9. The zero-order chi connectivity index (χ0) is 23.1. The monoisotopic (exact) mass is 560 g/mol. The molecule has 4 nitrogen and oxygen atoms in total. The van der Waals surface area contributed by atoms with Gasteiger partial charge in [-0.1, -0.05) is 27.5 Å². The van der Waals surface area contributed by atoms with Crippen molar-refractivity contribution in [3.63, 3.8) is 0 Å². The highest BCUT2D eigenvalue weighted by Crippen LogP contribution is 2.65. The van der Waals surface area contributed by atoms with E-state index in [1.54, 1.807) is 11.4 Å². The first kappa shape index (κ1) is 24.1. The molecule has 2 amide bonds. The summed E-state index contributed by atoms with van der Waals surface area (Å²) in [5.74, 6) is -3.82. The van der Waals surface area contributed by atoms with Crippen molar-refractivity contribution < 1.29 is 27.2 Å². The van der Waals surface area contributed by atoms with Gasteiger partial charge < -0.3 is 10.6 Å². The third-order valence-electron chi connectivity index (χ3n) is 4.51. The number of alkyl halides is 5. The van der Waals surface area contributed by atoms with Crippen LogP contribution in [0.1, 0.15) is 21.8 Å². The van der Waals surface area contributed by atoms with Crippen LogP contribution in [0.3, 0.4) is 0 Å². The van der Waals surface area contributed by atoms with E-state index < -0.39 is 46.5 Å². The summed E-state index contributed by atoms with van der Waals surface area (Å²) >= 11 is 21.5. The minimum absolute atomic E-state index is 0.0989. The molecule has 3 rings (SSSR count). The highest BCUT2D eigenvalue weighted by Gasteiger charge is 2.67. The molecule has 2 unspecified atom stereocenters. The van der Waals surface area contributed by atoms with Gasteiger partial charge in [0.25, 0.3) is 5.91 Å². The topological polar surface area (TPSA) is 58.2 Å². The van der Waals surface area contributed by atoms with E-state index in [9.17, 15) is 27.2 Å². The van der Waals surface area contributed by atoms with E-state index in [2.05, 4.69) is 21.2 Å². The third kappa shape index (κ3) is 5.63. The van der Waals surface area contributed by atoms with E-state index in [4.69, 9.17) is 34.8 Å². The lowest BCUT2D eigenvalue weighted by molar-refractivity contribution is -0.123. The normalized spacial score (nSPS) is 19.6. The lowest BCUT2D eigenvalue weighted by Gasteiger charge is -2.11. The molecule has 0 radical (unpaired) electrons. The first-order valence-corrected chi connectivity index (χ1v) is 10.5. The fourth-order valence-corrected chi connectivity index (χ4v) is 4.61. The fourth-order valence-electron chi connectivity index (χ4n) is 3.10. The first-order chi connectivity index (χ1) is 14.3. The summed E-state index contributed by atoms with van der Waals surface area (Å²) in [6, 6.07) is 7.79. The molecule has 12 heteroatoms. The number of carbonyl (C=O) groups is 2. The summed E-state index contributed by atoms with van der Waals surface area (Å²) in [7, 11) is 0. The second kappa shape index (κ2) is 8.77. The van der Waals surface area contributed by atoms with Crippen LogP contribution in [-0.4, -0.2) is 28.9 Å². The third-order valence-corrected chi connectivity index (χ3v) is 6.24. The second-order valence-corrected chi connectivity index (χ2v) is 9.58. The van der Waals surface area contributed by atoms with Gasteiger partial charge >= 0.3 is 6.18 Å². The number of anilines is 1. The van der Waals surface area contributed by atoms with Crippen LogP contribution in [0.25, 0.3) is 0 Å². The molecule has 0 aliphatic heterocycles. The maximum atomic E-state index is 13.7. The van der Waals surface area contributed by atoms with Crippen LogP contribution in [0.2, 0.25) is 5.02 Å². The molecule has 1 fully saturated rings. The van der Waals surface area contributed by atoms with Crippen LogP contribution in [0, 0.1) is 11.7 Å². The summed E-state index contributed by atoms with van der Waals surface area (Å²) in [6.07, 6.45) is -4.59. The van der Waals surface area contributed by atoms with E-state index in [0.717, 1.165) is 6.07 Å². The predicted octanol–water partition coefficient (Wildman–Crippen LogP) is 6.06. The highest BCUT2D eigenvalue weighted by molar-refractivity contribution is 9.10. The van der Waals surface area contributed by atoms with Crippen LogP contribution in [-0.2, 0) is 4.79 Å². The molecule has 1 saturated carbocycles. The van der Waals surface area contributed by atoms with E-state index in [0.29, 0.717) is 10.0 Å². The number of carbonyl (C=O) groups excluding carboxylic acids is 2. The van der Waals surface area contributed by atoms with Crippen molar-refractivity contribution in [1.82, 2.24) is 5.32 Å². The summed E-state index contributed by atoms with van der Waals surface area (Å²) in [5, 5.41) is 4.11. The summed E-state index contributed by atoms with van der Waals surface area (Å²) in [4.78, 5) is 24.7. The van der Waals surface area contributed by atoms with Crippen molar-refractivity contribution in [3.05, 3.63) is 62.8 Å². The minimum atomic E-state index is -4.59. The Labute approximate surface area is 197 Å². The number of amides is 2. The van der Waals surface area contributed by atoms with Crippen molar-refractivity contribution in [2.75, 3.05) is 11.9 Å². The molecule has 2 N–H and O–H groups in total. The number of hydrogen-bond donors (Lipinski definition) is 2. The zero-order valence-electron chi connectivity index (χ0n) is 15.2. The van der Waals surface area contributed by atoms with Crippen LogP contribution >= 0.6 is 50.7 Å². The molecule has 2 aromatic rings. The van der Waals surface area contributed by atoms with Gasteiger partial charge in [-0.2, -0.15) is 13.2 Å². The SMILES string of the molecule is O=C(NCC(F)(F)F)c1cc(NC(=O)C2C(c3cc(F)cc(Br)c3)C2(Cl)Cl)ccc1Cl. The number of hydrogen-bond acceptors (Lipinski definition) is 2. The number of benzene rings is 2. The Morgan fingerprint density at radius 2 is 1.81 bits per heavy atom. The number of nitrogens with one attached hydrogen (secondary N) is 2. The van der Waals surface area contributed by atoms with Gasteiger partial charge in [-0.15, -0.1) is 23.2 Å². The molecule has 0 spiro atoms. The second-order valence-electron chi connectivity index (χ2n) is 6.81. The molecular weight excluding hydrogens is 550 g/mol. The largest absolute Gasteiger partial charge is 0.405 e. The first-order valence-electron chi connectivity index (χ1n) is 8.59. The lowest BCUT2D eigenvalue weighted by Crippen LogP contribution is -2.33. The Morgan fingerprint density at radius 1 is 1.13 bits per heavy atom. The Hall–Kier alpha value is -1.55. The molecule has 0 heterocycles. The zero-order valence-corrected chi connectivity index (χ0v) is 19.0. The molecule has 2 atom stereocenters. The van der Waals surface area contributed by atoms with Gasteiger partial charge in [-0.3, -0.25) is 9.59 Å². The van der Waals surface area contributed by atoms with Crippen molar-refractivity contribution in [1.29, 1.82) is 0 Å². The Balaban J connectivity index is 1.75.